The lowest BCUT2D eigenvalue weighted by Crippen LogP contribution is -2.48. The van der Waals surface area contributed by atoms with Gasteiger partial charge in [-0.25, -0.2) is 0 Å². The molecule has 12 heavy (non-hydrogen) atoms. The Morgan fingerprint density at radius 2 is 1.58 bits per heavy atom. The molecule has 0 aromatic carbocycles. The summed E-state index contributed by atoms with van der Waals surface area (Å²) in [5.41, 5.74) is 11.9. The van der Waals surface area contributed by atoms with E-state index in [-0.39, 0.29) is 0 Å². The highest BCUT2D eigenvalue weighted by molar-refractivity contribution is 4.92. The van der Waals surface area contributed by atoms with Crippen molar-refractivity contribution < 1.29 is 0 Å². The summed E-state index contributed by atoms with van der Waals surface area (Å²) in [6.45, 7) is 0. The molecular weight excluding hydrogens is 148 g/mol. The lowest BCUT2D eigenvalue weighted by Gasteiger charge is -2.39. The molecule has 2 nitrogen and oxygen atoms in total. The van der Waals surface area contributed by atoms with Crippen molar-refractivity contribution in [2.75, 3.05) is 0 Å². The number of nitrogens with two attached hydrogens (primary N) is 2. The Labute approximate surface area is 74.7 Å². The molecule has 4 N–H and O–H groups in total. The predicted molar refractivity (Wildman–Crippen MR) is 50.6 cm³/mol. The van der Waals surface area contributed by atoms with Gasteiger partial charge in [0.1, 0.15) is 0 Å². The van der Waals surface area contributed by atoms with Crippen molar-refractivity contribution in [3.63, 3.8) is 0 Å². The fraction of sp³-hybridized carbons (Fsp3) is 1.00. The molecule has 0 bridgehead atoms. The van der Waals surface area contributed by atoms with E-state index < -0.39 is 0 Å². The molecule has 2 rings (SSSR count). The van der Waals surface area contributed by atoms with Crippen LogP contribution < -0.4 is 11.5 Å². The van der Waals surface area contributed by atoms with Gasteiger partial charge in [0, 0.05) is 12.1 Å². The van der Waals surface area contributed by atoms with Crippen molar-refractivity contribution in [2.24, 2.45) is 23.3 Å². The molecule has 0 aromatic heterocycles. The molecule has 2 fully saturated rings. The van der Waals surface area contributed by atoms with Gasteiger partial charge in [-0.15, -0.1) is 0 Å². The van der Waals surface area contributed by atoms with Crippen LogP contribution in [0.3, 0.4) is 0 Å². The molecule has 2 aliphatic carbocycles. The normalized spacial score (nSPS) is 39.5. The average Bonchev–Trinajstić information content (AvgIpc) is 2.49. The van der Waals surface area contributed by atoms with E-state index in [0.29, 0.717) is 12.1 Å². The van der Waals surface area contributed by atoms with E-state index in [0.717, 1.165) is 11.8 Å². The van der Waals surface area contributed by atoms with Crippen LogP contribution in [0.1, 0.15) is 38.5 Å². The van der Waals surface area contributed by atoms with Crippen LogP contribution in [0.15, 0.2) is 0 Å². The lowest BCUT2D eigenvalue weighted by atomic mass is 9.72. The van der Waals surface area contributed by atoms with Gasteiger partial charge >= 0.3 is 0 Å². The Morgan fingerprint density at radius 3 is 2.08 bits per heavy atom. The number of hydrogen-bond donors (Lipinski definition) is 2. The molecule has 0 heterocycles. The monoisotopic (exact) mass is 168 g/mol. The van der Waals surface area contributed by atoms with Crippen LogP contribution in [0.25, 0.3) is 0 Å². The van der Waals surface area contributed by atoms with Crippen LogP contribution in [0, 0.1) is 11.8 Å². The number of rotatable bonds is 2. The zero-order valence-electron chi connectivity index (χ0n) is 7.71. The highest BCUT2D eigenvalue weighted by Gasteiger charge is 2.35. The van der Waals surface area contributed by atoms with Crippen LogP contribution in [-0.4, -0.2) is 12.1 Å². The van der Waals surface area contributed by atoms with E-state index >= 15 is 0 Å². The molecular formula is C10H20N2. The SMILES string of the molecule is NC1CC(C(N)C2CCCC2)C1. The standard InChI is InChI=1S/C10H20N2/c11-9-5-8(6-9)10(12)7-3-1-2-4-7/h7-10H,1-6,11-12H2. The molecule has 2 aliphatic rings. The molecule has 2 heteroatoms. The van der Waals surface area contributed by atoms with E-state index in [1.807, 2.05) is 0 Å². The maximum Gasteiger partial charge on any atom is 0.00967 e. The highest BCUT2D eigenvalue weighted by Crippen LogP contribution is 2.36. The summed E-state index contributed by atoms with van der Waals surface area (Å²) in [6.07, 6.45) is 7.89. The second-order valence-corrected chi connectivity index (χ2v) is 4.61. The molecule has 0 aliphatic heterocycles. The predicted octanol–water partition coefficient (Wildman–Crippen LogP) is 1.24. The summed E-state index contributed by atoms with van der Waals surface area (Å²) in [7, 11) is 0. The fourth-order valence-electron chi connectivity index (χ4n) is 2.75. The molecule has 1 unspecified atom stereocenters. The Bertz CT molecular complexity index is 146. The highest BCUT2D eigenvalue weighted by atomic mass is 14.8. The minimum atomic E-state index is 0.461. The first-order valence-corrected chi connectivity index (χ1v) is 5.28. The van der Waals surface area contributed by atoms with Gasteiger partial charge in [0.2, 0.25) is 0 Å². The first-order chi connectivity index (χ1) is 5.77. The Kier molecular flexibility index (Phi) is 2.37. The summed E-state index contributed by atoms with van der Waals surface area (Å²) >= 11 is 0. The Hall–Kier alpha value is -0.0800. The zero-order chi connectivity index (χ0) is 8.55. The fourth-order valence-corrected chi connectivity index (χ4v) is 2.75. The Morgan fingerprint density at radius 1 is 1.00 bits per heavy atom. The summed E-state index contributed by atoms with van der Waals surface area (Å²) in [4.78, 5) is 0. The quantitative estimate of drug-likeness (QED) is 0.652. The summed E-state index contributed by atoms with van der Waals surface area (Å²) < 4.78 is 0. The number of hydrogen-bond acceptors (Lipinski definition) is 2. The van der Waals surface area contributed by atoms with Gasteiger partial charge in [-0.3, -0.25) is 0 Å². The largest absolute Gasteiger partial charge is 0.328 e. The van der Waals surface area contributed by atoms with Crippen molar-refractivity contribution in [1.82, 2.24) is 0 Å². The minimum absolute atomic E-state index is 0.461. The summed E-state index contributed by atoms with van der Waals surface area (Å²) in [5.74, 6) is 1.57. The minimum Gasteiger partial charge on any atom is -0.328 e. The summed E-state index contributed by atoms with van der Waals surface area (Å²) in [5, 5.41) is 0. The van der Waals surface area contributed by atoms with E-state index in [9.17, 15) is 0 Å². The van der Waals surface area contributed by atoms with Crippen molar-refractivity contribution in [3.05, 3.63) is 0 Å². The van der Waals surface area contributed by atoms with E-state index in [2.05, 4.69) is 0 Å². The van der Waals surface area contributed by atoms with E-state index in [1.165, 1.54) is 38.5 Å². The molecule has 0 radical (unpaired) electrons. The van der Waals surface area contributed by atoms with Crippen molar-refractivity contribution in [2.45, 2.75) is 50.6 Å². The topological polar surface area (TPSA) is 52.0 Å². The molecule has 0 spiro atoms. The van der Waals surface area contributed by atoms with Crippen molar-refractivity contribution in [1.29, 1.82) is 0 Å². The van der Waals surface area contributed by atoms with Crippen LogP contribution >= 0.6 is 0 Å². The first-order valence-electron chi connectivity index (χ1n) is 5.28. The van der Waals surface area contributed by atoms with Crippen molar-refractivity contribution in [3.8, 4) is 0 Å². The van der Waals surface area contributed by atoms with Crippen molar-refractivity contribution >= 4 is 0 Å². The van der Waals surface area contributed by atoms with Gasteiger partial charge < -0.3 is 11.5 Å². The second-order valence-electron chi connectivity index (χ2n) is 4.61. The van der Waals surface area contributed by atoms with Gasteiger partial charge in [-0.1, -0.05) is 12.8 Å². The zero-order valence-corrected chi connectivity index (χ0v) is 7.71. The maximum absolute atomic E-state index is 6.19. The van der Waals surface area contributed by atoms with E-state index in [1.54, 1.807) is 0 Å². The van der Waals surface area contributed by atoms with Crippen LogP contribution in [0.5, 0.6) is 0 Å². The van der Waals surface area contributed by atoms with E-state index in [4.69, 9.17) is 11.5 Å². The summed E-state index contributed by atoms with van der Waals surface area (Å²) in [6, 6.07) is 0.926. The van der Waals surface area contributed by atoms with Gasteiger partial charge in [0.15, 0.2) is 0 Å². The average molecular weight is 168 g/mol. The third kappa shape index (κ3) is 1.50. The third-order valence-electron chi connectivity index (χ3n) is 3.70. The van der Waals surface area contributed by atoms with Gasteiger partial charge in [0.05, 0.1) is 0 Å². The third-order valence-corrected chi connectivity index (χ3v) is 3.70. The molecule has 0 saturated heterocycles. The van der Waals surface area contributed by atoms with Crippen LogP contribution in [-0.2, 0) is 0 Å². The van der Waals surface area contributed by atoms with Gasteiger partial charge in [-0.05, 0) is 37.5 Å². The maximum atomic E-state index is 6.19. The smallest absolute Gasteiger partial charge is 0.00967 e. The molecule has 2 saturated carbocycles. The Balaban J connectivity index is 1.79. The van der Waals surface area contributed by atoms with Crippen LogP contribution in [0.4, 0.5) is 0 Å². The molecule has 0 aromatic rings. The lowest BCUT2D eigenvalue weighted by molar-refractivity contribution is 0.181. The molecule has 70 valence electrons. The van der Waals surface area contributed by atoms with Crippen LogP contribution in [0.2, 0.25) is 0 Å². The second kappa shape index (κ2) is 3.35. The van der Waals surface area contributed by atoms with Gasteiger partial charge in [-0.2, -0.15) is 0 Å². The molecule has 1 atom stereocenters. The first kappa shape index (κ1) is 8.52. The van der Waals surface area contributed by atoms with Gasteiger partial charge in [0.25, 0.3) is 0 Å². The molecule has 0 amide bonds.